The number of nitrogens with one attached hydrogen (secondary N) is 2. The molecule has 1 aliphatic heterocycles. The lowest BCUT2D eigenvalue weighted by molar-refractivity contribution is -0.123. The molecule has 1 aromatic rings. The first-order valence-corrected chi connectivity index (χ1v) is 7.02. The van der Waals surface area contributed by atoms with Gasteiger partial charge in [-0.2, -0.15) is 0 Å². The second-order valence-electron chi connectivity index (χ2n) is 5.86. The van der Waals surface area contributed by atoms with Gasteiger partial charge in [-0.3, -0.25) is 4.79 Å². The van der Waals surface area contributed by atoms with Gasteiger partial charge in [0.1, 0.15) is 11.6 Å². The van der Waals surface area contributed by atoms with Crippen LogP contribution in [0.2, 0.25) is 0 Å². The topological polar surface area (TPSA) is 41.1 Å². The summed E-state index contributed by atoms with van der Waals surface area (Å²) in [6.45, 7) is 2.12. The summed E-state index contributed by atoms with van der Waals surface area (Å²) in [6.07, 6.45) is 3.03. The molecular weight excluding hydrogens is 262 g/mol. The van der Waals surface area contributed by atoms with Crippen LogP contribution in [0.15, 0.2) is 18.2 Å². The molecule has 2 N–H and O–H groups in total. The van der Waals surface area contributed by atoms with Gasteiger partial charge in [-0.1, -0.05) is 0 Å². The minimum Gasteiger partial charge on any atom is -0.352 e. The third-order valence-electron chi connectivity index (χ3n) is 4.49. The van der Waals surface area contributed by atoms with E-state index >= 15 is 0 Å². The zero-order chi connectivity index (χ0) is 14.2. The predicted molar refractivity (Wildman–Crippen MR) is 70.8 cm³/mol. The van der Waals surface area contributed by atoms with Gasteiger partial charge in [0.05, 0.1) is 0 Å². The van der Waals surface area contributed by atoms with E-state index in [9.17, 15) is 13.6 Å². The van der Waals surface area contributed by atoms with Gasteiger partial charge in [-0.05, 0) is 55.5 Å². The van der Waals surface area contributed by atoms with Gasteiger partial charge in [0, 0.05) is 18.5 Å². The van der Waals surface area contributed by atoms with Crippen LogP contribution < -0.4 is 10.6 Å². The fourth-order valence-corrected chi connectivity index (χ4v) is 3.22. The maximum Gasteiger partial charge on any atom is 0.223 e. The molecule has 3 rings (SSSR count). The van der Waals surface area contributed by atoms with Crippen LogP contribution >= 0.6 is 0 Å². The van der Waals surface area contributed by atoms with E-state index in [1.807, 2.05) is 0 Å². The normalized spacial score (nSPS) is 23.6. The van der Waals surface area contributed by atoms with Crippen LogP contribution in [0.1, 0.15) is 24.8 Å². The second kappa shape index (κ2) is 5.13. The highest BCUT2D eigenvalue weighted by atomic mass is 19.1. The standard InChI is InChI=1S/C15H18F2N2O/c16-11-5-10(6-12(17)7-11)9-19-14(20)13-8-15(13)1-3-18-4-2-15/h5-7,13,18H,1-4,8-9H2,(H,19,20). The minimum absolute atomic E-state index is 0.0107. The van der Waals surface area contributed by atoms with Crippen molar-refractivity contribution in [2.24, 2.45) is 11.3 Å². The molecule has 1 heterocycles. The third kappa shape index (κ3) is 2.68. The molecule has 20 heavy (non-hydrogen) atoms. The number of halogens is 2. The Hall–Kier alpha value is -1.49. The van der Waals surface area contributed by atoms with Gasteiger partial charge < -0.3 is 10.6 Å². The zero-order valence-corrected chi connectivity index (χ0v) is 11.2. The molecule has 1 unspecified atom stereocenters. The van der Waals surface area contributed by atoms with Crippen molar-refractivity contribution in [2.75, 3.05) is 13.1 Å². The first kappa shape index (κ1) is 13.5. The maximum atomic E-state index is 13.0. The molecule has 0 radical (unpaired) electrons. The van der Waals surface area contributed by atoms with E-state index in [4.69, 9.17) is 0 Å². The number of hydrogen-bond acceptors (Lipinski definition) is 2. The highest BCUT2D eigenvalue weighted by Crippen LogP contribution is 2.58. The Morgan fingerprint density at radius 1 is 1.25 bits per heavy atom. The van der Waals surface area contributed by atoms with Gasteiger partial charge in [0.2, 0.25) is 5.91 Å². The predicted octanol–water partition coefficient (Wildman–Crippen LogP) is 1.97. The molecule has 1 saturated carbocycles. The average Bonchev–Trinajstić information content (AvgIpc) is 3.09. The summed E-state index contributed by atoms with van der Waals surface area (Å²) in [5, 5.41) is 6.09. The number of amides is 1. The Balaban J connectivity index is 1.55. The Bertz CT molecular complexity index is 506. The average molecular weight is 280 g/mol. The monoisotopic (exact) mass is 280 g/mol. The quantitative estimate of drug-likeness (QED) is 0.889. The zero-order valence-electron chi connectivity index (χ0n) is 11.2. The van der Waals surface area contributed by atoms with Crippen molar-refractivity contribution in [3.8, 4) is 0 Å². The summed E-state index contributed by atoms with van der Waals surface area (Å²) < 4.78 is 26.1. The molecular formula is C15H18F2N2O. The summed E-state index contributed by atoms with van der Waals surface area (Å²) in [6, 6.07) is 3.32. The van der Waals surface area contributed by atoms with Crippen LogP contribution in [-0.2, 0) is 11.3 Å². The minimum atomic E-state index is -0.615. The van der Waals surface area contributed by atoms with Crippen molar-refractivity contribution in [1.29, 1.82) is 0 Å². The lowest BCUT2D eigenvalue weighted by Crippen LogP contribution is -2.33. The Kier molecular flexibility index (Phi) is 3.46. The summed E-state index contributed by atoms with van der Waals surface area (Å²) >= 11 is 0. The van der Waals surface area contributed by atoms with E-state index in [2.05, 4.69) is 10.6 Å². The lowest BCUT2D eigenvalue weighted by atomic mass is 9.92. The molecule has 1 saturated heterocycles. The van der Waals surface area contributed by atoms with Gasteiger partial charge in [0.25, 0.3) is 0 Å². The van der Waals surface area contributed by atoms with Gasteiger partial charge >= 0.3 is 0 Å². The number of hydrogen-bond donors (Lipinski definition) is 2. The van der Waals surface area contributed by atoms with Crippen molar-refractivity contribution >= 4 is 5.91 Å². The van der Waals surface area contributed by atoms with Crippen LogP contribution in [0.25, 0.3) is 0 Å². The summed E-state index contributed by atoms with van der Waals surface area (Å²) in [4.78, 5) is 12.1. The van der Waals surface area contributed by atoms with E-state index in [0.717, 1.165) is 38.4 Å². The molecule has 0 aromatic heterocycles. The van der Waals surface area contributed by atoms with E-state index < -0.39 is 11.6 Å². The SMILES string of the molecule is O=C(NCc1cc(F)cc(F)c1)C1CC12CCNCC2. The fraction of sp³-hybridized carbons (Fsp3) is 0.533. The molecule has 1 amide bonds. The molecule has 108 valence electrons. The number of carbonyl (C=O) groups is 1. The van der Waals surface area contributed by atoms with Crippen LogP contribution in [-0.4, -0.2) is 19.0 Å². The van der Waals surface area contributed by atoms with Crippen LogP contribution in [0, 0.1) is 23.0 Å². The first-order chi connectivity index (χ1) is 9.59. The summed E-state index contributed by atoms with van der Waals surface area (Å²) in [5.41, 5.74) is 0.638. The fourth-order valence-electron chi connectivity index (χ4n) is 3.22. The van der Waals surface area contributed by atoms with Crippen LogP contribution in [0.3, 0.4) is 0 Å². The van der Waals surface area contributed by atoms with Gasteiger partial charge in [-0.25, -0.2) is 8.78 Å². The number of carbonyl (C=O) groups excluding carboxylic acids is 1. The van der Waals surface area contributed by atoms with Crippen molar-refractivity contribution in [3.05, 3.63) is 35.4 Å². The van der Waals surface area contributed by atoms with Crippen molar-refractivity contribution in [1.82, 2.24) is 10.6 Å². The summed E-state index contributed by atoms with van der Waals surface area (Å²) in [7, 11) is 0. The van der Waals surface area contributed by atoms with Crippen LogP contribution in [0.4, 0.5) is 8.78 Å². The summed E-state index contributed by atoms with van der Waals surface area (Å²) in [5.74, 6) is -1.15. The molecule has 5 heteroatoms. The van der Waals surface area contributed by atoms with E-state index in [1.165, 1.54) is 12.1 Å². The van der Waals surface area contributed by atoms with E-state index in [-0.39, 0.29) is 23.8 Å². The van der Waals surface area contributed by atoms with Crippen molar-refractivity contribution < 1.29 is 13.6 Å². The van der Waals surface area contributed by atoms with Crippen LogP contribution in [0.5, 0.6) is 0 Å². The molecule has 2 aliphatic rings. The molecule has 3 nitrogen and oxygen atoms in total. The highest BCUT2D eigenvalue weighted by Gasteiger charge is 2.57. The molecule has 0 bridgehead atoms. The molecule has 1 spiro atoms. The number of rotatable bonds is 3. The largest absolute Gasteiger partial charge is 0.352 e. The smallest absolute Gasteiger partial charge is 0.223 e. The highest BCUT2D eigenvalue weighted by molar-refractivity contribution is 5.82. The number of benzene rings is 1. The van der Waals surface area contributed by atoms with Crippen molar-refractivity contribution in [2.45, 2.75) is 25.8 Å². The molecule has 1 aromatic carbocycles. The Labute approximate surface area is 116 Å². The molecule has 1 aliphatic carbocycles. The van der Waals surface area contributed by atoms with Crippen molar-refractivity contribution in [3.63, 3.8) is 0 Å². The second-order valence-corrected chi connectivity index (χ2v) is 5.86. The van der Waals surface area contributed by atoms with Gasteiger partial charge in [-0.15, -0.1) is 0 Å². The van der Waals surface area contributed by atoms with E-state index in [0.29, 0.717) is 5.56 Å². The molecule has 1 atom stereocenters. The maximum absolute atomic E-state index is 13.0. The third-order valence-corrected chi connectivity index (χ3v) is 4.49. The Morgan fingerprint density at radius 3 is 2.55 bits per heavy atom. The number of piperidine rings is 1. The van der Waals surface area contributed by atoms with Gasteiger partial charge in [0.15, 0.2) is 0 Å². The first-order valence-electron chi connectivity index (χ1n) is 7.02. The molecule has 2 fully saturated rings. The lowest BCUT2D eigenvalue weighted by Gasteiger charge is -2.23. The van der Waals surface area contributed by atoms with E-state index in [1.54, 1.807) is 0 Å². The Morgan fingerprint density at radius 2 is 1.90 bits per heavy atom.